The van der Waals surface area contributed by atoms with E-state index in [1.54, 1.807) is 0 Å². The Balaban J connectivity index is 2.75. The van der Waals surface area contributed by atoms with Gasteiger partial charge in [-0.2, -0.15) is 5.26 Å². The number of ether oxygens (including phenoxy) is 2. The molecule has 3 heteroatoms. The molecule has 1 heterocycles. The highest BCUT2D eigenvalue weighted by Gasteiger charge is 2.41. The Morgan fingerprint density at radius 1 is 1.33 bits per heavy atom. The standard InChI is InChI=1S/C9H15NO2/c1-8(2)6-11-9(3,4)12-7(8)5-10/h7H,6H2,1-4H3. The number of rotatable bonds is 0. The summed E-state index contributed by atoms with van der Waals surface area (Å²) < 4.78 is 10.9. The molecular formula is C9H15NO2. The van der Waals surface area contributed by atoms with Gasteiger partial charge in [0, 0.05) is 5.41 Å². The third-order valence-electron chi connectivity index (χ3n) is 2.02. The molecule has 1 rings (SSSR count). The van der Waals surface area contributed by atoms with Gasteiger partial charge in [0.2, 0.25) is 0 Å². The second kappa shape index (κ2) is 2.72. The molecule has 1 aliphatic heterocycles. The molecule has 0 N–H and O–H groups in total. The van der Waals surface area contributed by atoms with Gasteiger partial charge in [-0.3, -0.25) is 0 Å². The molecule has 1 unspecified atom stereocenters. The van der Waals surface area contributed by atoms with Crippen molar-refractivity contribution < 1.29 is 9.47 Å². The van der Waals surface area contributed by atoms with Crippen molar-refractivity contribution in [3.8, 4) is 6.07 Å². The van der Waals surface area contributed by atoms with Crippen molar-refractivity contribution >= 4 is 0 Å². The molecule has 0 amide bonds. The fraction of sp³-hybridized carbons (Fsp3) is 0.889. The molecule has 0 aromatic carbocycles. The Kier molecular flexibility index (Phi) is 2.15. The summed E-state index contributed by atoms with van der Waals surface area (Å²) in [6, 6.07) is 2.15. The molecule has 0 bridgehead atoms. The molecule has 1 saturated heterocycles. The number of nitriles is 1. The van der Waals surface area contributed by atoms with Crippen LogP contribution >= 0.6 is 0 Å². The van der Waals surface area contributed by atoms with Gasteiger partial charge < -0.3 is 9.47 Å². The molecule has 1 fully saturated rings. The zero-order valence-corrected chi connectivity index (χ0v) is 8.05. The third kappa shape index (κ3) is 1.77. The van der Waals surface area contributed by atoms with E-state index >= 15 is 0 Å². The maximum atomic E-state index is 8.83. The van der Waals surface area contributed by atoms with Crippen molar-refractivity contribution in [2.75, 3.05) is 6.61 Å². The van der Waals surface area contributed by atoms with Gasteiger partial charge in [0.25, 0.3) is 0 Å². The quantitative estimate of drug-likeness (QED) is 0.554. The molecule has 3 nitrogen and oxygen atoms in total. The van der Waals surface area contributed by atoms with Crippen LogP contribution in [0.15, 0.2) is 0 Å². The largest absolute Gasteiger partial charge is 0.350 e. The Morgan fingerprint density at radius 3 is 2.33 bits per heavy atom. The summed E-state index contributed by atoms with van der Waals surface area (Å²) >= 11 is 0. The van der Waals surface area contributed by atoms with Crippen molar-refractivity contribution in [3.63, 3.8) is 0 Å². The maximum Gasteiger partial charge on any atom is 0.164 e. The fourth-order valence-electron chi connectivity index (χ4n) is 1.11. The van der Waals surface area contributed by atoms with Crippen LogP contribution in [-0.2, 0) is 9.47 Å². The first-order chi connectivity index (χ1) is 5.37. The zero-order chi connectivity index (χ0) is 9.41. The average Bonchev–Trinajstić information content (AvgIpc) is 1.95. The minimum absolute atomic E-state index is 0.204. The van der Waals surface area contributed by atoms with Gasteiger partial charge in [-0.15, -0.1) is 0 Å². The van der Waals surface area contributed by atoms with E-state index in [1.165, 1.54) is 0 Å². The minimum Gasteiger partial charge on any atom is -0.350 e. The van der Waals surface area contributed by atoms with E-state index in [1.807, 2.05) is 27.7 Å². The lowest BCUT2D eigenvalue weighted by Crippen LogP contribution is -2.49. The highest BCUT2D eigenvalue weighted by molar-refractivity contribution is 4.98. The Bertz CT molecular complexity index is 215. The lowest BCUT2D eigenvalue weighted by Gasteiger charge is -2.42. The smallest absolute Gasteiger partial charge is 0.164 e. The van der Waals surface area contributed by atoms with E-state index < -0.39 is 5.79 Å². The number of nitrogens with zero attached hydrogens (tertiary/aromatic N) is 1. The predicted molar refractivity (Wildman–Crippen MR) is 44.3 cm³/mol. The van der Waals surface area contributed by atoms with Gasteiger partial charge in [0.1, 0.15) is 0 Å². The summed E-state index contributed by atoms with van der Waals surface area (Å²) in [6.07, 6.45) is -0.374. The second-order valence-corrected chi connectivity index (χ2v) is 4.30. The molecule has 0 radical (unpaired) electrons. The van der Waals surface area contributed by atoms with Crippen molar-refractivity contribution in [1.82, 2.24) is 0 Å². The molecule has 0 aromatic rings. The topological polar surface area (TPSA) is 42.2 Å². The Hall–Kier alpha value is -0.590. The van der Waals surface area contributed by atoms with E-state index in [0.29, 0.717) is 6.61 Å². The molecule has 0 aliphatic carbocycles. The van der Waals surface area contributed by atoms with Crippen LogP contribution in [0, 0.1) is 16.7 Å². The van der Waals surface area contributed by atoms with E-state index in [0.717, 1.165) is 0 Å². The van der Waals surface area contributed by atoms with Gasteiger partial charge in [-0.25, -0.2) is 0 Å². The van der Waals surface area contributed by atoms with Crippen LogP contribution in [-0.4, -0.2) is 18.5 Å². The van der Waals surface area contributed by atoms with Crippen molar-refractivity contribution in [3.05, 3.63) is 0 Å². The van der Waals surface area contributed by atoms with E-state index in [2.05, 4.69) is 6.07 Å². The first-order valence-corrected chi connectivity index (χ1v) is 4.09. The van der Waals surface area contributed by atoms with Crippen molar-refractivity contribution in [1.29, 1.82) is 5.26 Å². The number of hydrogen-bond acceptors (Lipinski definition) is 3. The minimum atomic E-state index is -0.615. The SMILES string of the molecule is CC1(C)OCC(C)(C)C(C#N)O1. The van der Waals surface area contributed by atoms with Gasteiger partial charge in [-0.1, -0.05) is 13.8 Å². The van der Waals surface area contributed by atoms with Crippen LogP contribution in [0.5, 0.6) is 0 Å². The van der Waals surface area contributed by atoms with Gasteiger partial charge in [0.15, 0.2) is 11.9 Å². The lowest BCUT2D eigenvalue weighted by atomic mass is 9.87. The van der Waals surface area contributed by atoms with E-state index in [-0.39, 0.29) is 11.5 Å². The van der Waals surface area contributed by atoms with Gasteiger partial charge >= 0.3 is 0 Å². The van der Waals surface area contributed by atoms with Crippen LogP contribution in [0.4, 0.5) is 0 Å². The monoisotopic (exact) mass is 169 g/mol. The summed E-state index contributed by atoms with van der Waals surface area (Å²) in [5.74, 6) is -0.615. The normalized spacial score (nSPS) is 32.4. The van der Waals surface area contributed by atoms with Crippen LogP contribution in [0.1, 0.15) is 27.7 Å². The highest BCUT2D eigenvalue weighted by Crippen LogP contribution is 2.34. The first-order valence-electron chi connectivity index (χ1n) is 4.09. The highest BCUT2D eigenvalue weighted by atomic mass is 16.7. The molecule has 12 heavy (non-hydrogen) atoms. The Morgan fingerprint density at radius 2 is 1.92 bits per heavy atom. The van der Waals surface area contributed by atoms with Crippen molar-refractivity contribution in [2.45, 2.75) is 39.6 Å². The summed E-state index contributed by atoms with van der Waals surface area (Å²) in [4.78, 5) is 0. The molecule has 0 spiro atoms. The van der Waals surface area contributed by atoms with Crippen molar-refractivity contribution in [2.24, 2.45) is 5.41 Å². The zero-order valence-electron chi connectivity index (χ0n) is 8.05. The van der Waals surface area contributed by atoms with E-state index in [4.69, 9.17) is 14.7 Å². The summed E-state index contributed by atoms with van der Waals surface area (Å²) in [5.41, 5.74) is -0.204. The number of hydrogen-bond donors (Lipinski definition) is 0. The second-order valence-electron chi connectivity index (χ2n) is 4.30. The maximum absolute atomic E-state index is 8.83. The van der Waals surface area contributed by atoms with Gasteiger partial charge in [0.05, 0.1) is 12.7 Å². The van der Waals surface area contributed by atoms with Gasteiger partial charge in [-0.05, 0) is 13.8 Å². The van der Waals surface area contributed by atoms with E-state index in [9.17, 15) is 0 Å². The van der Waals surface area contributed by atoms with Crippen LogP contribution in [0.3, 0.4) is 0 Å². The summed E-state index contributed by atoms with van der Waals surface area (Å²) in [5, 5.41) is 8.83. The molecule has 1 atom stereocenters. The first kappa shape index (κ1) is 9.50. The molecule has 0 aromatic heterocycles. The molecule has 1 aliphatic rings. The molecule has 68 valence electrons. The fourth-order valence-corrected chi connectivity index (χ4v) is 1.11. The lowest BCUT2D eigenvalue weighted by molar-refractivity contribution is -0.298. The third-order valence-corrected chi connectivity index (χ3v) is 2.02. The predicted octanol–water partition coefficient (Wildman–Crippen LogP) is 1.69. The summed E-state index contributed by atoms with van der Waals surface area (Å²) in [6.45, 7) is 8.16. The van der Waals surface area contributed by atoms with Crippen LogP contribution < -0.4 is 0 Å². The molecular weight excluding hydrogens is 154 g/mol. The summed E-state index contributed by atoms with van der Waals surface area (Å²) in [7, 11) is 0. The van der Waals surface area contributed by atoms with Crippen LogP contribution in [0.2, 0.25) is 0 Å². The molecule has 0 saturated carbocycles. The average molecular weight is 169 g/mol. The van der Waals surface area contributed by atoms with Crippen LogP contribution in [0.25, 0.3) is 0 Å². The Labute approximate surface area is 73.3 Å².